The van der Waals surface area contributed by atoms with Crippen molar-refractivity contribution < 1.29 is 0 Å². The average Bonchev–Trinajstić information content (AvgIpc) is 4.02. The molecule has 0 spiro atoms. The Kier molecular flexibility index (Phi) is 6.29. The number of rotatable bonds is 4. The van der Waals surface area contributed by atoms with Gasteiger partial charge in [0.05, 0.1) is 33.0 Å². The third-order valence-corrected chi connectivity index (χ3v) is 13.0. The lowest BCUT2D eigenvalue weighted by molar-refractivity contribution is 1.08. The standard InChI is InChI=1S/C52H30N4S/c1-3-13-31(14-4-1)33-23-25-34(26-24-33)50-53-51(48-38-19-9-12-22-45(38)57-52(48)54-50)56-43-28-27-35(32-15-5-2-6-16-32)29-40(43)46-44(56)30-39-36-17-7-10-20-41(36)55-42-21-11-8-18-37(42)47(46)49(39)55/h1-30H. The summed E-state index contributed by atoms with van der Waals surface area (Å²) in [6, 6.07) is 65.7. The first-order valence-electron chi connectivity index (χ1n) is 19.3. The predicted octanol–water partition coefficient (Wildman–Crippen LogP) is 14.1. The van der Waals surface area contributed by atoms with Crippen LogP contribution in [0, 0.1) is 0 Å². The molecule has 264 valence electrons. The zero-order valence-electron chi connectivity index (χ0n) is 30.5. The molecule has 0 bridgehead atoms. The lowest BCUT2D eigenvalue weighted by atomic mass is 9.99. The van der Waals surface area contributed by atoms with E-state index < -0.39 is 0 Å². The van der Waals surface area contributed by atoms with E-state index in [1.165, 1.54) is 81.2 Å². The number of fused-ring (bicyclic) bond motifs is 13. The third-order valence-electron chi connectivity index (χ3n) is 11.9. The van der Waals surface area contributed by atoms with Crippen molar-refractivity contribution in [2.24, 2.45) is 0 Å². The summed E-state index contributed by atoms with van der Waals surface area (Å²) >= 11 is 1.74. The molecule has 8 aromatic carbocycles. The van der Waals surface area contributed by atoms with Crippen molar-refractivity contribution in [2.75, 3.05) is 0 Å². The van der Waals surface area contributed by atoms with Gasteiger partial charge < -0.3 is 4.40 Å². The molecule has 0 fully saturated rings. The lowest BCUT2D eigenvalue weighted by Crippen LogP contribution is -2.02. The number of aromatic nitrogens is 4. The van der Waals surface area contributed by atoms with Crippen molar-refractivity contribution in [3.8, 4) is 39.5 Å². The molecular weight excluding hydrogens is 713 g/mol. The molecular formula is C52H30N4S. The summed E-state index contributed by atoms with van der Waals surface area (Å²) in [5.41, 5.74) is 11.7. The Morgan fingerprint density at radius 2 is 0.965 bits per heavy atom. The molecule has 0 radical (unpaired) electrons. The second-order valence-electron chi connectivity index (χ2n) is 14.9. The quantitative estimate of drug-likeness (QED) is 0.180. The van der Waals surface area contributed by atoms with E-state index in [4.69, 9.17) is 9.97 Å². The third kappa shape index (κ3) is 4.32. The van der Waals surface area contributed by atoms with Crippen molar-refractivity contribution in [3.05, 3.63) is 182 Å². The van der Waals surface area contributed by atoms with E-state index in [0.29, 0.717) is 5.82 Å². The van der Waals surface area contributed by atoms with Crippen molar-refractivity contribution in [3.63, 3.8) is 0 Å². The second kappa shape index (κ2) is 11.6. The Balaban J connectivity index is 1.20. The van der Waals surface area contributed by atoms with Crippen molar-refractivity contribution in [1.29, 1.82) is 0 Å². The molecule has 13 aromatic rings. The number of hydrogen-bond donors (Lipinski definition) is 0. The van der Waals surface area contributed by atoms with E-state index in [0.717, 1.165) is 32.6 Å². The van der Waals surface area contributed by atoms with E-state index in [9.17, 15) is 0 Å². The van der Waals surface area contributed by atoms with Gasteiger partial charge in [0.2, 0.25) is 0 Å². The number of thiophene rings is 1. The van der Waals surface area contributed by atoms with Crippen LogP contribution >= 0.6 is 11.3 Å². The van der Waals surface area contributed by atoms with Crippen LogP contribution in [0.5, 0.6) is 0 Å². The zero-order valence-corrected chi connectivity index (χ0v) is 31.3. The van der Waals surface area contributed by atoms with Crippen LogP contribution in [0.25, 0.3) is 120 Å². The minimum Gasteiger partial charge on any atom is -0.308 e. The molecule has 5 aromatic heterocycles. The Hall–Kier alpha value is -7.34. The molecule has 5 heteroatoms. The van der Waals surface area contributed by atoms with Crippen LogP contribution in [0.2, 0.25) is 0 Å². The highest BCUT2D eigenvalue weighted by Gasteiger charge is 2.26. The molecule has 0 aliphatic rings. The molecule has 4 nitrogen and oxygen atoms in total. The normalized spacial score (nSPS) is 12.2. The largest absolute Gasteiger partial charge is 0.308 e. The fourth-order valence-electron chi connectivity index (χ4n) is 9.39. The summed E-state index contributed by atoms with van der Waals surface area (Å²) in [5.74, 6) is 1.61. The minimum absolute atomic E-state index is 0.715. The van der Waals surface area contributed by atoms with Crippen molar-refractivity contribution in [1.82, 2.24) is 18.9 Å². The summed E-state index contributed by atoms with van der Waals surface area (Å²) in [6.45, 7) is 0. The molecule has 0 amide bonds. The van der Waals surface area contributed by atoms with Gasteiger partial charge in [-0.15, -0.1) is 11.3 Å². The van der Waals surface area contributed by atoms with E-state index in [-0.39, 0.29) is 0 Å². The molecule has 0 N–H and O–H groups in total. The van der Waals surface area contributed by atoms with E-state index >= 15 is 0 Å². The van der Waals surface area contributed by atoms with Gasteiger partial charge in [-0.1, -0.05) is 146 Å². The fraction of sp³-hybridized carbons (Fsp3) is 0. The average molecular weight is 743 g/mol. The van der Waals surface area contributed by atoms with Crippen LogP contribution in [-0.2, 0) is 0 Å². The van der Waals surface area contributed by atoms with Gasteiger partial charge in [-0.3, -0.25) is 4.57 Å². The highest BCUT2D eigenvalue weighted by atomic mass is 32.1. The first kappa shape index (κ1) is 30.9. The zero-order chi connectivity index (χ0) is 37.2. The van der Waals surface area contributed by atoms with Crippen LogP contribution in [0.3, 0.4) is 0 Å². The number of para-hydroxylation sites is 2. The van der Waals surface area contributed by atoms with E-state index in [1.54, 1.807) is 11.3 Å². The van der Waals surface area contributed by atoms with Gasteiger partial charge in [0, 0.05) is 48.0 Å². The number of benzene rings is 8. The van der Waals surface area contributed by atoms with Gasteiger partial charge in [-0.25, -0.2) is 9.97 Å². The molecule has 0 saturated heterocycles. The highest BCUT2D eigenvalue weighted by Crippen LogP contribution is 2.48. The monoisotopic (exact) mass is 742 g/mol. The molecule has 0 unspecified atom stereocenters. The molecule has 13 rings (SSSR count). The molecule has 0 aliphatic carbocycles. The molecule has 57 heavy (non-hydrogen) atoms. The van der Waals surface area contributed by atoms with Crippen LogP contribution in [0.4, 0.5) is 0 Å². The Morgan fingerprint density at radius 1 is 0.368 bits per heavy atom. The van der Waals surface area contributed by atoms with E-state index in [2.05, 4.69) is 191 Å². The SMILES string of the molecule is c1ccc(-c2ccc(-c3nc(-n4c5ccc(-c6ccccc6)cc5c5c6c7ccccc7n7c8ccccc8c(cc54)c67)c4c(n3)sc3ccccc34)cc2)cc1. The molecule has 0 aliphatic heterocycles. The van der Waals surface area contributed by atoms with Gasteiger partial charge in [0.25, 0.3) is 0 Å². The summed E-state index contributed by atoms with van der Waals surface area (Å²) in [4.78, 5) is 11.9. The maximum absolute atomic E-state index is 5.62. The Bertz CT molecular complexity index is 3730. The smallest absolute Gasteiger partial charge is 0.163 e. The predicted molar refractivity (Wildman–Crippen MR) is 240 cm³/mol. The van der Waals surface area contributed by atoms with Gasteiger partial charge >= 0.3 is 0 Å². The number of nitrogens with zero attached hydrogens (tertiary/aromatic N) is 4. The topological polar surface area (TPSA) is 35.1 Å². The molecule has 0 saturated carbocycles. The van der Waals surface area contributed by atoms with Gasteiger partial charge in [-0.05, 0) is 58.7 Å². The summed E-state index contributed by atoms with van der Waals surface area (Å²) in [6.07, 6.45) is 0. The van der Waals surface area contributed by atoms with Crippen molar-refractivity contribution >= 4 is 91.5 Å². The van der Waals surface area contributed by atoms with Gasteiger partial charge in [0.1, 0.15) is 4.83 Å². The van der Waals surface area contributed by atoms with Gasteiger partial charge in [0.15, 0.2) is 11.6 Å². The van der Waals surface area contributed by atoms with E-state index in [1.807, 2.05) is 0 Å². The highest BCUT2D eigenvalue weighted by molar-refractivity contribution is 7.25. The Morgan fingerprint density at radius 3 is 1.74 bits per heavy atom. The van der Waals surface area contributed by atoms with Crippen molar-refractivity contribution in [2.45, 2.75) is 0 Å². The molecule has 5 heterocycles. The van der Waals surface area contributed by atoms with Crippen LogP contribution in [0.1, 0.15) is 0 Å². The van der Waals surface area contributed by atoms with Gasteiger partial charge in [-0.2, -0.15) is 0 Å². The first-order valence-corrected chi connectivity index (χ1v) is 20.2. The molecule has 0 atom stereocenters. The summed E-state index contributed by atoms with van der Waals surface area (Å²) in [5, 5.41) is 9.72. The minimum atomic E-state index is 0.715. The lowest BCUT2D eigenvalue weighted by Gasteiger charge is -2.12. The Labute approximate surface area is 330 Å². The maximum Gasteiger partial charge on any atom is 0.163 e. The summed E-state index contributed by atoms with van der Waals surface area (Å²) < 4.78 is 6.11. The summed E-state index contributed by atoms with van der Waals surface area (Å²) in [7, 11) is 0. The first-order chi connectivity index (χ1) is 28.3. The second-order valence-corrected chi connectivity index (χ2v) is 16.0. The number of hydrogen-bond acceptors (Lipinski definition) is 3. The fourth-order valence-corrected chi connectivity index (χ4v) is 10.5. The van der Waals surface area contributed by atoms with Crippen LogP contribution in [-0.4, -0.2) is 18.9 Å². The van der Waals surface area contributed by atoms with Crippen LogP contribution < -0.4 is 0 Å². The van der Waals surface area contributed by atoms with Crippen LogP contribution in [0.15, 0.2) is 182 Å². The maximum atomic E-state index is 5.62.